The van der Waals surface area contributed by atoms with E-state index in [2.05, 4.69) is 10.2 Å². The summed E-state index contributed by atoms with van der Waals surface area (Å²) in [4.78, 5) is 2.28. The van der Waals surface area contributed by atoms with Crippen LogP contribution in [-0.2, 0) is 6.54 Å². The molecule has 118 valence electrons. The molecule has 0 aromatic heterocycles. The van der Waals surface area contributed by atoms with Crippen molar-refractivity contribution in [3.05, 3.63) is 29.3 Å². The molecule has 5 heteroatoms. The first-order valence-corrected chi connectivity index (χ1v) is 7.74. The molecule has 1 heterocycles. The van der Waals surface area contributed by atoms with E-state index in [0.717, 1.165) is 26.2 Å². The third kappa shape index (κ3) is 4.93. The second kappa shape index (κ2) is 8.29. The molecule has 21 heavy (non-hydrogen) atoms. The van der Waals surface area contributed by atoms with E-state index in [-0.39, 0.29) is 5.75 Å². The molecule has 0 radical (unpaired) electrons. The number of nitrogens with one attached hydrogen (secondary N) is 1. The van der Waals surface area contributed by atoms with Crippen LogP contribution in [0.2, 0.25) is 0 Å². The standard InChI is InChI=1S/C16H24F2N2O/c1-2-19-12-13-10-14(17)16(15(18)11-13)21-9-8-20-6-4-3-5-7-20/h10-11,19H,2-9,12H2,1H3. The summed E-state index contributed by atoms with van der Waals surface area (Å²) in [5, 5.41) is 3.04. The molecule has 1 aromatic carbocycles. The predicted octanol–water partition coefficient (Wildman–Crippen LogP) is 2.94. The molecule has 0 unspecified atom stereocenters. The Labute approximate surface area is 125 Å². The van der Waals surface area contributed by atoms with E-state index in [1.165, 1.54) is 31.4 Å². The molecule has 1 fully saturated rings. The molecule has 1 aliphatic rings. The first-order valence-electron chi connectivity index (χ1n) is 7.74. The second-order valence-electron chi connectivity index (χ2n) is 5.42. The number of hydrogen-bond acceptors (Lipinski definition) is 3. The van der Waals surface area contributed by atoms with Crippen molar-refractivity contribution in [2.75, 3.05) is 32.8 Å². The Bertz CT molecular complexity index is 425. The summed E-state index contributed by atoms with van der Waals surface area (Å²) in [5.41, 5.74) is 0.593. The maximum Gasteiger partial charge on any atom is 0.190 e. The fourth-order valence-electron chi connectivity index (χ4n) is 2.58. The number of rotatable bonds is 7. The molecule has 1 N–H and O–H groups in total. The Kier molecular flexibility index (Phi) is 6.39. The topological polar surface area (TPSA) is 24.5 Å². The zero-order valence-electron chi connectivity index (χ0n) is 12.6. The van der Waals surface area contributed by atoms with Crippen molar-refractivity contribution in [1.29, 1.82) is 0 Å². The third-order valence-electron chi connectivity index (χ3n) is 3.74. The van der Waals surface area contributed by atoms with Crippen LogP contribution in [0.25, 0.3) is 0 Å². The zero-order valence-corrected chi connectivity index (χ0v) is 12.6. The van der Waals surface area contributed by atoms with Crippen LogP contribution in [0.15, 0.2) is 12.1 Å². The lowest BCUT2D eigenvalue weighted by Gasteiger charge is -2.26. The molecular weight excluding hydrogens is 274 g/mol. The van der Waals surface area contributed by atoms with Crippen molar-refractivity contribution in [1.82, 2.24) is 10.2 Å². The maximum atomic E-state index is 13.9. The number of piperidine rings is 1. The van der Waals surface area contributed by atoms with Gasteiger partial charge in [0.15, 0.2) is 17.4 Å². The number of halogens is 2. The average molecular weight is 298 g/mol. The summed E-state index contributed by atoms with van der Waals surface area (Å²) in [5.74, 6) is -1.50. The lowest BCUT2D eigenvalue weighted by molar-refractivity contribution is 0.177. The van der Waals surface area contributed by atoms with Gasteiger partial charge in [-0.05, 0) is 50.2 Å². The van der Waals surface area contributed by atoms with Gasteiger partial charge >= 0.3 is 0 Å². The Morgan fingerprint density at radius 2 is 1.81 bits per heavy atom. The number of nitrogens with zero attached hydrogens (tertiary/aromatic N) is 1. The highest BCUT2D eigenvalue weighted by Crippen LogP contribution is 2.23. The van der Waals surface area contributed by atoms with Gasteiger partial charge in [0.1, 0.15) is 6.61 Å². The van der Waals surface area contributed by atoms with Gasteiger partial charge in [0.25, 0.3) is 0 Å². The van der Waals surface area contributed by atoms with Crippen molar-refractivity contribution >= 4 is 0 Å². The summed E-state index contributed by atoms with van der Waals surface area (Å²) in [6, 6.07) is 2.67. The number of likely N-dealkylation sites (tertiary alicyclic amines) is 1. The van der Waals surface area contributed by atoms with Gasteiger partial charge in [0.2, 0.25) is 0 Å². The Hall–Kier alpha value is -1.20. The van der Waals surface area contributed by atoms with Crippen LogP contribution in [0, 0.1) is 11.6 Å². The molecule has 0 aliphatic carbocycles. The van der Waals surface area contributed by atoms with Gasteiger partial charge in [-0.1, -0.05) is 13.3 Å². The average Bonchev–Trinajstić information content (AvgIpc) is 2.49. The van der Waals surface area contributed by atoms with Gasteiger partial charge in [-0.25, -0.2) is 8.78 Å². The van der Waals surface area contributed by atoms with E-state index < -0.39 is 11.6 Å². The van der Waals surface area contributed by atoms with Crippen molar-refractivity contribution in [2.24, 2.45) is 0 Å². The zero-order chi connectivity index (χ0) is 15.1. The van der Waals surface area contributed by atoms with Crippen LogP contribution in [0.3, 0.4) is 0 Å². The number of hydrogen-bond donors (Lipinski definition) is 1. The van der Waals surface area contributed by atoms with Crippen molar-refractivity contribution in [3.63, 3.8) is 0 Å². The van der Waals surface area contributed by atoms with Gasteiger partial charge in [-0.2, -0.15) is 0 Å². The van der Waals surface area contributed by atoms with E-state index in [1.54, 1.807) is 0 Å². The van der Waals surface area contributed by atoms with Gasteiger partial charge in [0.05, 0.1) is 0 Å². The molecule has 0 bridgehead atoms. The van der Waals surface area contributed by atoms with E-state index in [4.69, 9.17) is 4.74 Å². The fourth-order valence-corrected chi connectivity index (χ4v) is 2.58. The summed E-state index contributed by atoms with van der Waals surface area (Å²) < 4.78 is 33.1. The molecule has 0 atom stereocenters. The molecule has 3 nitrogen and oxygen atoms in total. The Balaban J connectivity index is 1.87. The normalized spacial score (nSPS) is 16.1. The summed E-state index contributed by atoms with van der Waals surface area (Å²) >= 11 is 0. The largest absolute Gasteiger partial charge is 0.486 e. The quantitative estimate of drug-likeness (QED) is 0.837. The fraction of sp³-hybridized carbons (Fsp3) is 0.625. The smallest absolute Gasteiger partial charge is 0.190 e. The number of benzene rings is 1. The van der Waals surface area contributed by atoms with Crippen LogP contribution >= 0.6 is 0 Å². The lowest BCUT2D eigenvalue weighted by atomic mass is 10.1. The van der Waals surface area contributed by atoms with Crippen LogP contribution < -0.4 is 10.1 Å². The summed E-state index contributed by atoms with van der Waals surface area (Å²) in [6.45, 7) is 6.31. The SMILES string of the molecule is CCNCc1cc(F)c(OCCN2CCCCC2)c(F)c1. The highest BCUT2D eigenvalue weighted by molar-refractivity contribution is 5.31. The van der Waals surface area contributed by atoms with E-state index in [1.807, 2.05) is 6.92 Å². The molecule has 1 aliphatic heterocycles. The minimum Gasteiger partial charge on any atom is -0.486 e. The van der Waals surface area contributed by atoms with E-state index >= 15 is 0 Å². The van der Waals surface area contributed by atoms with Crippen molar-refractivity contribution in [3.8, 4) is 5.75 Å². The van der Waals surface area contributed by atoms with Crippen LogP contribution in [0.1, 0.15) is 31.7 Å². The monoisotopic (exact) mass is 298 g/mol. The molecular formula is C16H24F2N2O. The van der Waals surface area contributed by atoms with Crippen LogP contribution in [-0.4, -0.2) is 37.7 Å². The van der Waals surface area contributed by atoms with Crippen LogP contribution in [0.5, 0.6) is 5.75 Å². The minimum absolute atomic E-state index is 0.257. The lowest BCUT2D eigenvalue weighted by Crippen LogP contribution is -2.33. The van der Waals surface area contributed by atoms with E-state index in [9.17, 15) is 8.78 Å². The molecule has 0 saturated carbocycles. The minimum atomic E-state index is -0.624. The van der Waals surface area contributed by atoms with Gasteiger partial charge in [-0.15, -0.1) is 0 Å². The molecule has 1 aromatic rings. The highest BCUT2D eigenvalue weighted by Gasteiger charge is 2.14. The molecule has 2 rings (SSSR count). The molecule has 0 spiro atoms. The van der Waals surface area contributed by atoms with Crippen molar-refractivity contribution < 1.29 is 13.5 Å². The van der Waals surface area contributed by atoms with Crippen molar-refractivity contribution in [2.45, 2.75) is 32.7 Å². The first-order chi connectivity index (χ1) is 10.2. The van der Waals surface area contributed by atoms with Crippen LogP contribution in [0.4, 0.5) is 8.78 Å². The molecule has 1 saturated heterocycles. The Morgan fingerprint density at radius 1 is 1.14 bits per heavy atom. The maximum absolute atomic E-state index is 13.9. The highest BCUT2D eigenvalue weighted by atomic mass is 19.1. The molecule has 0 amide bonds. The first kappa shape index (κ1) is 16.2. The predicted molar refractivity (Wildman–Crippen MR) is 79.5 cm³/mol. The third-order valence-corrected chi connectivity index (χ3v) is 3.74. The summed E-state index contributed by atoms with van der Waals surface area (Å²) in [6.07, 6.45) is 3.66. The van der Waals surface area contributed by atoms with E-state index in [0.29, 0.717) is 18.7 Å². The van der Waals surface area contributed by atoms with Gasteiger partial charge < -0.3 is 10.1 Å². The second-order valence-corrected chi connectivity index (χ2v) is 5.42. The Morgan fingerprint density at radius 3 is 2.43 bits per heavy atom. The van der Waals surface area contributed by atoms with Gasteiger partial charge in [0, 0.05) is 13.1 Å². The van der Waals surface area contributed by atoms with Gasteiger partial charge in [-0.3, -0.25) is 4.90 Å². The summed E-state index contributed by atoms with van der Waals surface area (Å²) in [7, 11) is 0. The number of ether oxygens (including phenoxy) is 1.